The zero-order chi connectivity index (χ0) is 16.6. The van der Waals surface area contributed by atoms with Gasteiger partial charge in [0, 0.05) is 23.3 Å². The topological polar surface area (TPSA) is 66.4 Å². The lowest BCUT2D eigenvalue weighted by Crippen LogP contribution is -2.28. The van der Waals surface area contributed by atoms with Gasteiger partial charge in [0.2, 0.25) is 5.91 Å². The molecule has 4 nitrogen and oxygen atoms in total. The van der Waals surface area contributed by atoms with E-state index < -0.39 is 5.41 Å². The van der Waals surface area contributed by atoms with Gasteiger partial charge in [0.05, 0.1) is 0 Å². The van der Waals surface area contributed by atoms with E-state index in [1.165, 1.54) is 0 Å². The van der Waals surface area contributed by atoms with Crippen LogP contribution in [-0.4, -0.2) is 16.9 Å². The molecule has 0 heterocycles. The van der Waals surface area contributed by atoms with Crippen molar-refractivity contribution in [1.29, 1.82) is 0 Å². The van der Waals surface area contributed by atoms with Gasteiger partial charge < -0.3 is 0 Å². The van der Waals surface area contributed by atoms with E-state index in [2.05, 4.69) is 0 Å². The summed E-state index contributed by atoms with van der Waals surface area (Å²) in [7, 11) is 0. The van der Waals surface area contributed by atoms with Gasteiger partial charge in [0.15, 0.2) is 0 Å². The number of hydrogen-bond acceptors (Lipinski definition) is 3. The molecule has 0 aromatic heterocycles. The second kappa shape index (κ2) is 8.91. The minimum Gasteiger partial charge on any atom is -0.299 e. The fraction of sp³-hybridized carbons (Fsp3) is 0.529. The van der Waals surface area contributed by atoms with Gasteiger partial charge in [-0.3, -0.25) is 14.8 Å². The van der Waals surface area contributed by atoms with E-state index in [4.69, 9.17) is 16.8 Å². The minimum atomic E-state index is -0.513. The molecular formula is C17H24ClNO3. The maximum atomic E-state index is 12.4. The fourth-order valence-electron chi connectivity index (χ4n) is 2.32. The summed E-state index contributed by atoms with van der Waals surface area (Å²) in [6.07, 6.45) is 4.17. The number of nitrogens with one attached hydrogen (secondary N) is 1. The van der Waals surface area contributed by atoms with Crippen molar-refractivity contribution in [3.8, 4) is 0 Å². The summed E-state index contributed by atoms with van der Waals surface area (Å²) in [5.41, 5.74) is 2.07. The molecule has 0 aliphatic rings. The summed E-state index contributed by atoms with van der Waals surface area (Å²) in [5.74, 6) is -0.150. The molecule has 0 atom stereocenters. The maximum Gasteiger partial charge on any atom is 0.243 e. The molecule has 0 saturated heterocycles. The first-order chi connectivity index (χ1) is 10.4. The van der Waals surface area contributed by atoms with E-state index in [9.17, 15) is 9.59 Å². The van der Waals surface area contributed by atoms with Crippen LogP contribution in [0.25, 0.3) is 0 Å². The van der Waals surface area contributed by atoms with E-state index >= 15 is 0 Å². The Morgan fingerprint density at radius 2 is 1.59 bits per heavy atom. The Balaban J connectivity index is 2.35. The van der Waals surface area contributed by atoms with Gasteiger partial charge in [-0.05, 0) is 44.4 Å². The number of hydroxylamine groups is 1. The Bertz CT molecular complexity index is 497. The molecule has 0 aliphatic carbocycles. The molecular weight excluding hydrogens is 302 g/mol. The van der Waals surface area contributed by atoms with Crippen molar-refractivity contribution in [2.24, 2.45) is 0 Å². The predicted molar refractivity (Wildman–Crippen MR) is 87.1 cm³/mol. The lowest BCUT2D eigenvalue weighted by atomic mass is 9.79. The summed E-state index contributed by atoms with van der Waals surface area (Å²) < 4.78 is 0. The summed E-state index contributed by atoms with van der Waals surface area (Å²) in [5, 5.41) is 9.04. The van der Waals surface area contributed by atoms with Crippen LogP contribution >= 0.6 is 11.6 Å². The zero-order valence-electron chi connectivity index (χ0n) is 13.2. The van der Waals surface area contributed by atoms with Crippen LogP contribution in [0.2, 0.25) is 5.02 Å². The zero-order valence-corrected chi connectivity index (χ0v) is 13.9. The standard InChI is InChI=1S/C17H24ClNO3/c1-17(2,13-9-11-14(18)12-10-13)15(20)7-5-3-4-6-8-16(21)19-22/h9-12,22H,3-8H2,1-2H3,(H,19,21). The third kappa shape index (κ3) is 5.78. The molecule has 0 unspecified atom stereocenters. The number of rotatable bonds is 9. The molecule has 0 fully saturated rings. The number of unbranched alkanes of at least 4 members (excludes halogenated alkanes) is 3. The number of carbonyl (C=O) groups excluding carboxylic acids is 2. The van der Waals surface area contributed by atoms with Gasteiger partial charge >= 0.3 is 0 Å². The Labute approximate surface area is 136 Å². The quantitative estimate of drug-likeness (QED) is 0.409. The van der Waals surface area contributed by atoms with Gasteiger partial charge in [-0.25, -0.2) is 5.48 Å². The van der Waals surface area contributed by atoms with Crippen LogP contribution in [0.3, 0.4) is 0 Å². The second-order valence-electron chi connectivity index (χ2n) is 6.00. The first-order valence-electron chi connectivity index (χ1n) is 7.60. The molecule has 1 amide bonds. The molecule has 22 heavy (non-hydrogen) atoms. The summed E-state index contributed by atoms with van der Waals surface area (Å²) in [6.45, 7) is 3.87. The Kier molecular flexibility index (Phi) is 7.56. The molecule has 2 N–H and O–H groups in total. The Morgan fingerprint density at radius 3 is 2.14 bits per heavy atom. The van der Waals surface area contributed by atoms with Gasteiger partial charge in [0.1, 0.15) is 5.78 Å². The highest BCUT2D eigenvalue weighted by Crippen LogP contribution is 2.27. The summed E-state index contributed by atoms with van der Waals surface area (Å²) in [6, 6.07) is 7.40. The highest BCUT2D eigenvalue weighted by atomic mass is 35.5. The van der Waals surface area contributed by atoms with E-state index in [0.29, 0.717) is 17.9 Å². The fourth-order valence-corrected chi connectivity index (χ4v) is 2.45. The van der Waals surface area contributed by atoms with Crippen molar-refractivity contribution in [1.82, 2.24) is 5.48 Å². The third-order valence-corrected chi connectivity index (χ3v) is 4.20. The van der Waals surface area contributed by atoms with Crippen LogP contribution < -0.4 is 5.48 Å². The van der Waals surface area contributed by atoms with Crippen LogP contribution in [0.4, 0.5) is 0 Å². The van der Waals surface area contributed by atoms with Crippen molar-refractivity contribution >= 4 is 23.3 Å². The molecule has 1 aromatic rings. The van der Waals surface area contributed by atoms with E-state index in [1.54, 1.807) is 17.6 Å². The monoisotopic (exact) mass is 325 g/mol. The molecule has 0 saturated carbocycles. The van der Waals surface area contributed by atoms with Gasteiger partial charge in [0.25, 0.3) is 0 Å². The number of benzene rings is 1. The molecule has 0 bridgehead atoms. The number of carbonyl (C=O) groups is 2. The first-order valence-corrected chi connectivity index (χ1v) is 7.98. The number of amides is 1. The van der Waals surface area contributed by atoms with Crippen molar-refractivity contribution < 1.29 is 14.8 Å². The number of halogens is 1. The SMILES string of the molecule is CC(C)(C(=O)CCCCCCC(=O)NO)c1ccc(Cl)cc1. The Morgan fingerprint density at radius 1 is 1.05 bits per heavy atom. The van der Waals surface area contributed by atoms with Crippen LogP contribution in [0, 0.1) is 0 Å². The molecule has 1 rings (SSSR count). The average molecular weight is 326 g/mol. The third-order valence-electron chi connectivity index (χ3n) is 3.95. The van der Waals surface area contributed by atoms with Crippen molar-refractivity contribution in [3.63, 3.8) is 0 Å². The lowest BCUT2D eigenvalue weighted by Gasteiger charge is -2.23. The van der Waals surface area contributed by atoms with Crippen LogP contribution in [0.5, 0.6) is 0 Å². The van der Waals surface area contributed by atoms with Crippen molar-refractivity contribution in [2.75, 3.05) is 0 Å². The average Bonchev–Trinajstić information content (AvgIpc) is 2.50. The molecule has 0 radical (unpaired) electrons. The van der Waals surface area contributed by atoms with Crippen LogP contribution in [0.15, 0.2) is 24.3 Å². The Hall–Kier alpha value is -1.39. The van der Waals surface area contributed by atoms with Crippen molar-refractivity contribution in [2.45, 2.75) is 57.8 Å². The van der Waals surface area contributed by atoms with Crippen LogP contribution in [-0.2, 0) is 15.0 Å². The van der Waals surface area contributed by atoms with Crippen molar-refractivity contribution in [3.05, 3.63) is 34.9 Å². The van der Waals surface area contributed by atoms with Crippen LogP contribution in [0.1, 0.15) is 57.9 Å². The van der Waals surface area contributed by atoms with Gasteiger partial charge in [-0.1, -0.05) is 36.6 Å². The summed E-state index contributed by atoms with van der Waals surface area (Å²) >= 11 is 5.88. The normalized spacial score (nSPS) is 11.3. The molecule has 5 heteroatoms. The van der Waals surface area contributed by atoms with Gasteiger partial charge in [-0.2, -0.15) is 0 Å². The van der Waals surface area contributed by atoms with E-state index in [0.717, 1.165) is 31.2 Å². The number of ketones is 1. The number of Topliss-reactive ketones (excluding diaryl/α,β-unsaturated/α-hetero) is 1. The highest BCUT2D eigenvalue weighted by molar-refractivity contribution is 6.30. The summed E-state index contributed by atoms with van der Waals surface area (Å²) in [4.78, 5) is 23.2. The predicted octanol–water partition coefficient (Wildman–Crippen LogP) is 4.03. The second-order valence-corrected chi connectivity index (χ2v) is 6.44. The molecule has 0 aliphatic heterocycles. The molecule has 1 aromatic carbocycles. The first kappa shape index (κ1) is 18.7. The minimum absolute atomic E-state index is 0.211. The largest absolute Gasteiger partial charge is 0.299 e. The molecule has 122 valence electrons. The molecule has 0 spiro atoms. The smallest absolute Gasteiger partial charge is 0.243 e. The van der Waals surface area contributed by atoms with E-state index in [1.807, 2.05) is 26.0 Å². The lowest BCUT2D eigenvalue weighted by molar-refractivity contribution is -0.129. The highest BCUT2D eigenvalue weighted by Gasteiger charge is 2.28. The van der Waals surface area contributed by atoms with E-state index in [-0.39, 0.29) is 11.7 Å². The maximum absolute atomic E-state index is 12.4. The van der Waals surface area contributed by atoms with Gasteiger partial charge in [-0.15, -0.1) is 0 Å². The number of hydrogen-bond donors (Lipinski definition) is 2.